The number of carboxylic acids is 1. The molecule has 1 rings (SSSR count). The molecule has 2 N–H and O–H groups in total. The molecule has 0 atom stereocenters. The molecule has 0 bridgehead atoms. The molecular weight excluding hydrogens is 230 g/mol. The monoisotopic (exact) mass is 249 g/mol. The van der Waals surface area contributed by atoms with E-state index in [9.17, 15) is 9.59 Å². The average Bonchev–Trinajstić information content (AvgIpc) is 2.29. The largest absolute Gasteiger partial charge is 0.481 e. The summed E-state index contributed by atoms with van der Waals surface area (Å²) >= 11 is 0. The Balaban J connectivity index is 2.50. The summed E-state index contributed by atoms with van der Waals surface area (Å²) in [5.41, 5.74) is 0.840. The molecule has 98 valence electrons. The Morgan fingerprint density at radius 2 is 1.83 bits per heavy atom. The summed E-state index contributed by atoms with van der Waals surface area (Å²) < 4.78 is 0. The van der Waals surface area contributed by atoms with Crippen molar-refractivity contribution in [1.82, 2.24) is 5.32 Å². The van der Waals surface area contributed by atoms with Crippen LogP contribution in [-0.4, -0.2) is 23.5 Å². The van der Waals surface area contributed by atoms with E-state index in [0.717, 1.165) is 5.56 Å². The Hall–Kier alpha value is -1.84. The average molecular weight is 249 g/mol. The summed E-state index contributed by atoms with van der Waals surface area (Å²) in [6.07, 6.45) is 0.300. The topological polar surface area (TPSA) is 66.4 Å². The number of carbonyl (C=O) groups is 2. The minimum atomic E-state index is -0.905. The maximum Gasteiger partial charge on any atom is 0.305 e. The van der Waals surface area contributed by atoms with Gasteiger partial charge >= 0.3 is 5.97 Å². The number of benzene rings is 1. The first kappa shape index (κ1) is 14.2. The van der Waals surface area contributed by atoms with Gasteiger partial charge in [-0.2, -0.15) is 0 Å². The normalized spacial score (nSPS) is 11.0. The number of amides is 1. The van der Waals surface area contributed by atoms with E-state index in [1.165, 1.54) is 0 Å². The molecule has 0 spiro atoms. The van der Waals surface area contributed by atoms with Crippen LogP contribution < -0.4 is 5.32 Å². The standard InChI is InChI=1S/C14H19NO3/c1-14(2,11-6-4-3-5-7-11)10-12(16)15-9-8-13(17)18/h3-7H,8-10H2,1-2H3,(H,15,16)(H,17,18). The highest BCUT2D eigenvalue weighted by molar-refractivity contribution is 5.78. The molecule has 0 aromatic heterocycles. The molecule has 18 heavy (non-hydrogen) atoms. The van der Waals surface area contributed by atoms with Crippen molar-refractivity contribution in [3.63, 3.8) is 0 Å². The van der Waals surface area contributed by atoms with E-state index < -0.39 is 5.97 Å². The van der Waals surface area contributed by atoms with Gasteiger partial charge in [-0.3, -0.25) is 9.59 Å². The number of rotatable bonds is 6. The zero-order valence-electron chi connectivity index (χ0n) is 10.8. The molecule has 0 unspecified atom stereocenters. The molecule has 0 fully saturated rings. The third-order valence-electron chi connectivity index (χ3n) is 2.82. The quantitative estimate of drug-likeness (QED) is 0.809. The highest BCUT2D eigenvalue weighted by Gasteiger charge is 2.23. The van der Waals surface area contributed by atoms with Crippen LogP contribution in [0.4, 0.5) is 0 Å². The van der Waals surface area contributed by atoms with Crippen molar-refractivity contribution in [3.05, 3.63) is 35.9 Å². The van der Waals surface area contributed by atoms with E-state index in [2.05, 4.69) is 5.32 Å². The van der Waals surface area contributed by atoms with Crippen molar-refractivity contribution in [2.75, 3.05) is 6.54 Å². The van der Waals surface area contributed by atoms with Crippen LogP contribution in [0.15, 0.2) is 30.3 Å². The van der Waals surface area contributed by atoms with E-state index in [1.807, 2.05) is 44.2 Å². The first-order valence-corrected chi connectivity index (χ1v) is 5.96. The van der Waals surface area contributed by atoms with Crippen LogP contribution in [-0.2, 0) is 15.0 Å². The number of hydrogen-bond acceptors (Lipinski definition) is 2. The van der Waals surface area contributed by atoms with Gasteiger partial charge in [-0.1, -0.05) is 44.2 Å². The first-order chi connectivity index (χ1) is 8.42. The lowest BCUT2D eigenvalue weighted by atomic mass is 9.81. The summed E-state index contributed by atoms with van der Waals surface area (Å²) in [6, 6.07) is 9.81. The fraction of sp³-hybridized carbons (Fsp3) is 0.429. The fourth-order valence-corrected chi connectivity index (χ4v) is 1.76. The van der Waals surface area contributed by atoms with E-state index in [1.54, 1.807) is 0 Å². The Morgan fingerprint density at radius 1 is 1.22 bits per heavy atom. The summed E-state index contributed by atoms with van der Waals surface area (Å²) in [6.45, 7) is 4.18. The second-order valence-electron chi connectivity index (χ2n) is 4.92. The third-order valence-corrected chi connectivity index (χ3v) is 2.82. The summed E-state index contributed by atoms with van der Waals surface area (Å²) in [5, 5.41) is 11.1. The van der Waals surface area contributed by atoms with Gasteiger partial charge in [0, 0.05) is 13.0 Å². The van der Waals surface area contributed by atoms with Crippen LogP contribution in [0.3, 0.4) is 0 Å². The van der Waals surface area contributed by atoms with Gasteiger partial charge in [0.1, 0.15) is 0 Å². The first-order valence-electron chi connectivity index (χ1n) is 5.96. The number of carbonyl (C=O) groups excluding carboxylic acids is 1. The van der Waals surface area contributed by atoms with Gasteiger partial charge in [0.15, 0.2) is 0 Å². The number of aliphatic carboxylic acids is 1. The fourth-order valence-electron chi connectivity index (χ4n) is 1.76. The second kappa shape index (κ2) is 6.19. The lowest BCUT2D eigenvalue weighted by Gasteiger charge is -2.24. The summed E-state index contributed by atoms with van der Waals surface area (Å²) in [7, 11) is 0. The van der Waals surface area contributed by atoms with Crippen molar-refractivity contribution in [2.24, 2.45) is 0 Å². The molecule has 0 saturated carbocycles. The Kier molecular flexibility index (Phi) is 4.89. The molecule has 0 heterocycles. The van der Waals surface area contributed by atoms with Gasteiger partial charge in [0.25, 0.3) is 0 Å². The molecular formula is C14H19NO3. The van der Waals surface area contributed by atoms with Crippen LogP contribution in [0.2, 0.25) is 0 Å². The number of carboxylic acid groups (broad SMARTS) is 1. The van der Waals surface area contributed by atoms with Crippen molar-refractivity contribution in [1.29, 1.82) is 0 Å². The molecule has 0 radical (unpaired) electrons. The summed E-state index contributed by atoms with van der Waals surface area (Å²) in [5.74, 6) is -1.03. The van der Waals surface area contributed by atoms with Crippen LogP contribution in [0.5, 0.6) is 0 Å². The lowest BCUT2D eigenvalue weighted by molar-refractivity contribution is -0.136. The van der Waals surface area contributed by atoms with Crippen LogP contribution in [0.25, 0.3) is 0 Å². The second-order valence-corrected chi connectivity index (χ2v) is 4.92. The van der Waals surface area contributed by atoms with E-state index in [4.69, 9.17) is 5.11 Å². The minimum Gasteiger partial charge on any atom is -0.481 e. The Labute approximate surface area is 107 Å². The Bertz CT molecular complexity index is 412. The molecule has 4 heteroatoms. The van der Waals surface area contributed by atoms with Gasteiger partial charge < -0.3 is 10.4 Å². The van der Waals surface area contributed by atoms with Crippen molar-refractivity contribution < 1.29 is 14.7 Å². The molecule has 0 saturated heterocycles. The highest BCUT2D eigenvalue weighted by Crippen LogP contribution is 2.26. The van der Waals surface area contributed by atoms with Crippen LogP contribution in [0.1, 0.15) is 32.3 Å². The lowest BCUT2D eigenvalue weighted by Crippen LogP contribution is -2.32. The van der Waals surface area contributed by atoms with E-state index in [-0.39, 0.29) is 24.3 Å². The number of nitrogens with one attached hydrogen (secondary N) is 1. The third kappa shape index (κ3) is 4.57. The molecule has 1 aromatic rings. The van der Waals surface area contributed by atoms with E-state index in [0.29, 0.717) is 6.42 Å². The minimum absolute atomic E-state index is 0.0441. The molecule has 1 aromatic carbocycles. The number of hydrogen-bond donors (Lipinski definition) is 2. The SMILES string of the molecule is CC(C)(CC(=O)NCCC(=O)O)c1ccccc1. The highest BCUT2D eigenvalue weighted by atomic mass is 16.4. The zero-order chi connectivity index (χ0) is 13.6. The van der Waals surface area contributed by atoms with Gasteiger partial charge in [0.05, 0.1) is 6.42 Å². The molecule has 1 amide bonds. The van der Waals surface area contributed by atoms with E-state index >= 15 is 0 Å². The molecule has 0 aliphatic rings. The molecule has 0 aliphatic heterocycles. The van der Waals surface area contributed by atoms with Crippen molar-refractivity contribution in [3.8, 4) is 0 Å². The predicted octanol–water partition coefficient (Wildman–Crippen LogP) is 1.95. The zero-order valence-corrected chi connectivity index (χ0v) is 10.8. The van der Waals surface area contributed by atoms with Crippen LogP contribution >= 0.6 is 0 Å². The van der Waals surface area contributed by atoms with Gasteiger partial charge in [-0.05, 0) is 11.0 Å². The molecule has 0 aliphatic carbocycles. The summed E-state index contributed by atoms with van der Waals surface area (Å²) in [4.78, 5) is 22.0. The van der Waals surface area contributed by atoms with Crippen LogP contribution in [0, 0.1) is 0 Å². The van der Waals surface area contributed by atoms with Crippen molar-refractivity contribution in [2.45, 2.75) is 32.1 Å². The predicted molar refractivity (Wildman–Crippen MR) is 69.3 cm³/mol. The smallest absolute Gasteiger partial charge is 0.305 e. The maximum absolute atomic E-state index is 11.7. The maximum atomic E-state index is 11.7. The molecule has 4 nitrogen and oxygen atoms in total. The Morgan fingerprint density at radius 3 is 2.39 bits per heavy atom. The van der Waals surface area contributed by atoms with Gasteiger partial charge in [0.2, 0.25) is 5.91 Å². The van der Waals surface area contributed by atoms with Gasteiger partial charge in [-0.15, -0.1) is 0 Å². The van der Waals surface area contributed by atoms with Crippen molar-refractivity contribution >= 4 is 11.9 Å². The van der Waals surface area contributed by atoms with Gasteiger partial charge in [-0.25, -0.2) is 0 Å².